The predicted octanol–water partition coefficient (Wildman–Crippen LogP) is 2.16. The zero-order chi connectivity index (χ0) is 15.2. The van der Waals surface area contributed by atoms with Crippen LogP contribution in [0.25, 0.3) is 0 Å². The van der Waals surface area contributed by atoms with E-state index in [2.05, 4.69) is 5.32 Å². The molecule has 0 saturated heterocycles. The fourth-order valence-electron chi connectivity index (χ4n) is 1.28. The summed E-state index contributed by atoms with van der Waals surface area (Å²) in [4.78, 5) is 24.2. The first-order valence-electron chi connectivity index (χ1n) is 6.25. The molecular formula is C14H20N2O3S. The molecule has 0 aromatic heterocycles. The Morgan fingerprint density at radius 3 is 2.45 bits per heavy atom. The number of nitrogens with one attached hydrogen (secondary N) is 1. The third-order valence-electron chi connectivity index (χ3n) is 2.13. The van der Waals surface area contributed by atoms with Gasteiger partial charge in [0.1, 0.15) is 5.60 Å². The predicted molar refractivity (Wildman–Crippen MR) is 79.5 cm³/mol. The summed E-state index contributed by atoms with van der Waals surface area (Å²) in [7, 11) is 0. The van der Waals surface area contributed by atoms with Crippen molar-refractivity contribution in [2.75, 3.05) is 5.75 Å². The molecule has 0 spiro atoms. The van der Waals surface area contributed by atoms with Gasteiger partial charge in [0.15, 0.2) is 0 Å². The highest BCUT2D eigenvalue weighted by molar-refractivity contribution is 7.99. The van der Waals surface area contributed by atoms with Gasteiger partial charge in [-0.05, 0) is 32.9 Å². The van der Waals surface area contributed by atoms with Crippen molar-refractivity contribution in [1.82, 2.24) is 5.32 Å². The third kappa shape index (κ3) is 6.58. The normalized spacial score (nSPS) is 12.6. The Labute approximate surface area is 123 Å². The number of nitrogens with two attached hydrogens (primary N) is 1. The minimum Gasteiger partial charge on any atom is -0.444 e. The van der Waals surface area contributed by atoms with Gasteiger partial charge in [0, 0.05) is 10.6 Å². The average Bonchev–Trinajstić information content (AvgIpc) is 2.34. The fourth-order valence-corrected chi connectivity index (χ4v) is 2.15. The van der Waals surface area contributed by atoms with E-state index in [1.54, 1.807) is 20.8 Å². The molecule has 0 fully saturated rings. The van der Waals surface area contributed by atoms with Gasteiger partial charge in [-0.2, -0.15) is 0 Å². The molecule has 1 aromatic rings. The summed E-state index contributed by atoms with van der Waals surface area (Å²) in [6, 6.07) is 8.84. The molecule has 1 rings (SSSR count). The molecule has 0 heterocycles. The molecule has 110 valence electrons. The first kappa shape index (κ1) is 16.5. The molecule has 2 amide bonds. The fraction of sp³-hybridized carbons (Fsp3) is 0.429. The standard InChI is InChI=1S/C14H20N2O3S/c1-14(2,3)19-13(18)16-12(17)11(15)9-20-10-7-5-4-6-8-10/h4-8,11H,9,15H2,1-3H3,(H,16,17,18). The van der Waals surface area contributed by atoms with Crippen molar-refractivity contribution in [2.45, 2.75) is 37.3 Å². The zero-order valence-corrected chi connectivity index (χ0v) is 12.7. The molecule has 0 saturated carbocycles. The van der Waals surface area contributed by atoms with Crippen LogP contribution in [0.1, 0.15) is 20.8 Å². The highest BCUT2D eigenvalue weighted by atomic mass is 32.2. The van der Waals surface area contributed by atoms with E-state index in [9.17, 15) is 9.59 Å². The van der Waals surface area contributed by atoms with E-state index < -0.39 is 23.6 Å². The minimum atomic E-state index is -0.775. The van der Waals surface area contributed by atoms with Crippen LogP contribution in [0.4, 0.5) is 4.79 Å². The van der Waals surface area contributed by atoms with Crippen molar-refractivity contribution in [1.29, 1.82) is 0 Å². The molecule has 0 radical (unpaired) electrons. The Kier molecular flexibility index (Phi) is 6.04. The summed E-state index contributed by atoms with van der Waals surface area (Å²) >= 11 is 1.46. The molecule has 3 N–H and O–H groups in total. The van der Waals surface area contributed by atoms with Crippen LogP contribution in [-0.4, -0.2) is 29.4 Å². The Morgan fingerprint density at radius 2 is 1.90 bits per heavy atom. The van der Waals surface area contributed by atoms with Gasteiger partial charge in [-0.15, -0.1) is 11.8 Å². The number of amides is 2. The molecular weight excluding hydrogens is 276 g/mol. The second-order valence-electron chi connectivity index (χ2n) is 5.22. The molecule has 0 bridgehead atoms. The second-order valence-corrected chi connectivity index (χ2v) is 6.32. The summed E-state index contributed by atoms with van der Waals surface area (Å²) in [5.74, 6) is -0.152. The lowest BCUT2D eigenvalue weighted by atomic mass is 10.2. The number of ether oxygens (including phenoxy) is 1. The van der Waals surface area contributed by atoms with Gasteiger partial charge < -0.3 is 10.5 Å². The Bertz CT molecular complexity index is 457. The molecule has 0 aliphatic rings. The summed E-state index contributed by atoms with van der Waals surface area (Å²) in [6.07, 6.45) is -0.775. The number of rotatable bonds is 4. The number of hydrogen-bond donors (Lipinski definition) is 2. The maximum Gasteiger partial charge on any atom is 0.414 e. The Balaban J connectivity index is 2.38. The number of imide groups is 1. The lowest BCUT2D eigenvalue weighted by molar-refractivity contribution is -0.121. The van der Waals surface area contributed by atoms with Gasteiger partial charge in [-0.1, -0.05) is 18.2 Å². The van der Waals surface area contributed by atoms with Gasteiger partial charge >= 0.3 is 6.09 Å². The molecule has 1 aromatic carbocycles. The number of alkyl carbamates (subject to hydrolysis) is 1. The smallest absolute Gasteiger partial charge is 0.414 e. The van der Waals surface area contributed by atoms with Crippen molar-refractivity contribution in [3.05, 3.63) is 30.3 Å². The Morgan fingerprint density at radius 1 is 1.30 bits per heavy atom. The van der Waals surface area contributed by atoms with E-state index in [1.807, 2.05) is 30.3 Å². The molecule has 20 heavy (non-hydrogen) atoms. The van der Waals surface area contributed by atoms with Gasteiger partial charge in [0.2, 0.25) is 5.91 Å². The van der Waals surface area contributed by atoms with E-state index in [0.717, 1.165) is 4.90 Å². The van der Waals surface area contributed by atoms with Crippen molar-refractivity contribution in [2.24, 2.45) is 5.73 Å². The SMILES string of the molecule is CC(C)(C)OC(=O)NC(=O)C(N)CSc1ccccc1. The van der Waals surface area contributed by atoms with Crippen LogP contribution < -0.4 is 11.1 Å². The third-order valence-corrected chi connectivity index (χ3v) is 3.26. The van der Waals surface area contributed by atoms with Gasteiger partial charge in [-0.25, -0.2) is 4.79 Å². The number of benzene rings is 1. The average molecular weight is 296 g/mol. The molecule has 1 atom stereocenters. The quantitative estimate of drug-likeness (QED) is 0.832. The topological polar surface area (TPSA) is 81.4 Å². The number of carbonyl (C=O) groups is 2. The van der Waals surface area contributed by atoms with Crippen molar-refractivity contribution >= 4 is 23.8 Å². The molecule has 5 nitrogen and oxygen atoms in total. The summed E-state index contributed by atoms with van der Waals surface area (Å²) in [5, 5.41) is 2.13. The summed E-state index contributed by atoms with van der Waals surface area (Å²) < 4.78 is 4.99. The van der Waals surface area contributed by atoms with Crippen LogP contribution in [0.2, 0.25) is 0 Å². The van der Waals surface area contributed by atoms with E-state index in [0.29, 0.717) is 5.75 Å². The molecule has 0 aliphatic carbocycles. The van der Waals surface area contributed by atoms with E-state index in [-0.39, 0.29) is 0 Å². The van der Waals surface area contributed by atoms with Crippen LogP contribution in [0, 0.1) is 0 Å². The summed E-state index contributed by atoms with van der Waals surface area (Å²) in [6.45, 7) is 5.17. The maximum absolute atomic E-state index is 11.7. The highest BCUT2D eigenvalue weighted by Gasteiger charge is 2.21. The van der Waals surface area contributed by atoms with Crippen molar-refractivity contribution in [3.63, 3.8) is 0 Å². The number of thioether (sulfide) groups is 1. The van der Waals surface area contributed by atoms with Crippen LogP contribution in [0.5, 0.6) is 0 Å². The van der Waals surface area contributed by atoms with E-state index in [1.165, 1.54) is 11.8 Å². The number of carbonyl (C=O) groups excluding carboxylic acids is 2. The lowest BCUT2D eigenvalue weighted by Gasteiger charge is -2.20. The first-order valence-corrected chi connectivity index (χ1v) is 7.24. The first-order chi connectivity index (χ1) is 9.28. The van der Waals surface area contributed by atoms with Gasteiger partial charge in [0.25, 0.3) is 0 Å². The van der Waals surface area contributed by atoms with Crippen LogP contribution in [-0.2, 0) is 9.53 Å². The lowest BCUT2D eigenvalue weighted by Crippen LogP contribution is -2.46. The zero-order valence-electron chi connectivity index (χ0n) is 11.9. The van der Waals surface area contributed by atoms with Crippen LogP contribution in [0.15, 0.2) is 35.2 Å². The second kappa shape index (κ2) is 7.31. The molecule has 6 heteroatoms. The molecule has 1 unspecified atom stereocenters. The van der Waals surface area contributed by atoms with E-state index in [4.69, 9.17) is 10.5 Å². The van der Waals surface area contributed by atoms with Gasteiger partial charge in [-0.3, -0.25) is 10.1 Å². The molecule has 0 aliphatic heterocycles. The van der Waals surface area contributed by atoms with Gasteiger partial charge in [0.05, 0.1) is 6.04 Å². The minimum absolute atomic E-state index is 0.388. The van der Waals surface area contributed by atoms with Crippen LogP contribution >= 0.6 is 11.8 Å². The Hall–Kier alpha value is -1.53. The van der Waals surface area contributed by atoms with E-state index >= 15 is 0 Å². The monoisotopic (exact) mass is 296 g/mol. The number of hydrogen-bond acceptors (Lipinski definition) is 5. The van der Waals surface area contributed by atoms with Crippen LogP contribution in [0.3, 0.4) is 0 Å². The van der Waals surface area contributed by atoms with Crippen molar-refractivity contribution < 1.29 is 14.3 Å². The van der Waals surface area contributed by atoms with Crippen molar-refractivity contribution in [3.8, 4) is 0 Å². The maximum atomic E-state index is 11.7. The largest absolute Gasteiger partial charge is 0.444 e. The highest BCUT2D eigenvalue weighted by Crippen LogP contribution is 2.17. The summed E-state index contributed by atoms with van der Waals surface area (Å²) in [5.41, 5.74) is 5.09.